The second-order valence-corrected chi connectivity index (χ2v) is 5.10. The smallest absolute Gasteiger partial charge is 0.162 e. The van der Waals surface area contributed by atoms with Crippen LogP contribution in [-0.4, -0.2) is 18.7 Å². The number of hydrogen-bond donors (Lipinski definition) is 0. The van der Waals surface area contributed by atoms with E-state index >= 15 is 0 Å². The Bertz CT molecular complexity index is 448. The van der Waals surface area contributed by atoms with Gasteiger partial charge in [0.15, 0.2) is 5.78 Å². The summed E-state index contributed by atoms with van der Waals surface area (Å²) in [7, 11) is 1.60. The van der Waals surface area contributed by atoms with Crippen LogP contribution in [0.4, 0.5) is 0 Å². The standard InChI is InChI=1S/C16H20O3/c1-19-14-9-6-13(7-10-14)16(18)11-8-12-4-2-3-5-15(12)17/h6-7,9-10,12H,2-5,8,11H2,1H3. The van der Waals surface area contributed by atoms with Gasteiger partial charge in [-0.05, 0) is 43.5 Å². The van der Waals surface area contributed by atoms with Crippen LogP contribution in [0.3, 0.4) is 0 Å². The van der Waals surface area contributed by atoms with E-state index in [4.69, 9.17) is 4.74 Å². The number of hydrogen-bond acceptors (Lipinski definition) is 3. The lowest BCUT2D eigenvalue weighted by molar-refractivity contribution is -0.124. The summed E-state index contributed by atoms with van der Waals surface area (Å²) in [5, 5.41) is 0. The Balaban J connectivity index is 1.87. The molecular weight excluding hydrogens is 240 g/mol. The summed E-state index contributed by atoms with van der Waals surface area (Å²) in [5.41, 5.74) is 0.698. The molecule has 0 spiro atoms. The van der Waals surface area contributed by atoms with E-state index in [-0.39, 0.29) is 11.7 Å². The lowest BCUT2D eigenvalue weighted by Gasteiger charge is -2.19. The molecule has 1 unspecified atom stereocenters. The van der Waals surface area contributed by atoms with E-state index in [0.717, 1.165) is 25.0 Å². The van der Waals surface area contributed by atoms with Crippen LogP contribution in [0, 0.1) is 5.92 Å². The van der Waals surface area contributed by atoms with Crippen molar-refractivity contribution in [3.8, 4) is 5.75 Å². The van der Waals surface area contributed by atoms with Gasteiger partial charge in [0, 0.05) is 24.3 Å². The van der Waals surface area contributed by atoms with Gasteiger partial charge >= 0.3 is 0 Å². The summed E-state index contributed by atoms with van der Waals surface area (Å²) >= 11 is 0. The molecule has 0 heterocycles. The van der Waals surface area contributed by atoms with Crippen LogP contribution in [0.25, 0.3) is 0 Å². The summed E-state index contributed by atoms with van der Waals surface area (Å²) in [6.07, 6.45) is 4.94. The zero-order chi connectivity index (χ0) is 13.7. The van der Waals surface area contributed by atoms with E-state index in [0.29, 0.717) is 30.6 Å². The van der Waals surface area contributed by atoms with E-state index in [1.807, 2.05) is 0 Å². The quantitative estimate of drug-likeness (QED) is 0.762. The number of ether oxygens (including phenoxy) is 1. The Kier molecular flexibility index (Phi) is 4.72. The minimum atomic E-state index is 0.107. The fourth-order valence-corrected chi connectivity index (χ4v) is 2.59. The maximum absolute atomic E-state index is 12.0. The van der Waals surface area contributed by atoms with Gasteiger partial charge in [-0.1, -0.05) is 6.42 Å². The van der Waals surface area contributed by atoms with E-state index in [9.17, 15) is 9.59 Å². The molecule has 19 heavy (non-hydrogen) atoms. The molecule has 1 aliphatic rings. The third kappa shape index (κ3) is 3.66. The molecule has 2 rings (SSSR count). The van der Waals surface area contributed by atoms with Gasteiger partial charge in [0.1, 0.15) is 11.5 Å². The number of carbonyl (C=O) groups excluding carboxylic acids is 2. The van der Waals surface area contributed by atoms with Gasteiger partial charge in [-0.3, -0.25) is 9.59 Å². The molecule has 3 nitrogen and oxygen atoms in total. The number of methoxy groups -OCH3 is 1. The molecule has 102 valence electrons. The minimum absolute atomic E-state index is 0.107. The van der Waals surface area contributed by atoms with Crippen LogP contribution >= 0.6 is 0 Å². The summed E-state index contributed by atoms with van der Waals surface area (Å²) in [5.74, 6) is 1.31. The van der Waals surface area contributed by atoms with Crippen molar-refractivity contribution >= 4 is 11.6 Å². The zero-order valence-corrected chi connectivity index (χ0v) is 11.4. The highest BCUT2D eigenvalue weighted by Crippen LogP contribution is 2.25. The van der Waals surface area contributed by atoms with E-state index in [1.54, 1.807) is 31.4 Å². The van der Waals surface area contributed by atoms with Crippen LogP contribution in [0.5, 0.6) is 5.75 Å². The van der Waals surface area contributed by atoms with Gasteiger partial charge in [0.05, 0.1) is 7.11 Å². The summed E-state index contributed by atoms with van der Waals surface area (Å²) < 4.78 is 5.06. The number of rotatable bonds is 5. The van der Waals surface area contributed by atoms with Gasteiger partial charge in [-0.2, -0.15) is 0 Å². The molecule has 1 atom stereocenters. The van der Waals surface area contributed by atoms with Crippen molar-refractivity contribution < 1.29 is 14.3 Å². The highest BCUT2D eigenvalue weighted by atomic mass is 16.5. The molecule has 0 radical (unpaired) electrons. The van der Waals surface area contributed by atoms with Gasteiger partial charge in [-0.15, -0.1) is 0 Å². The SMILES string of the molecule is COc1ccc(C(=O)CCC2CCCCC2=O)cc1. The molecule has 0 aromatic heterocycles. The predicted octanol–water partition coefficient (Wildman–Crippen LogP) is 3.42. The van der Waals surface area contributed by atoms with Crippen molar-refractivity contribution in [3.05, 3.63) is 29.8 Å². The van der Waals surface area contributed by atoms with E-state index in [2.05, 4.69) is 0 Å². The Morgan fingerprint density at radius 3 is 2.63 bits per heavy atom. The topological polar surface area (TPSA) is 43.4 Å². The van der Waals surface area contributed by atoms with Crippen LogP contribution in [0.2, 0.25) is 0 Å². The number of carbonyl (C=O) groups is 2. The monoisotopic (exact) mass is 260 g/mol. The van der Waals surface area contributed by atoms with Crippen LogP contribution in [-0.2, 0) is 4.79 Å². The number of benzene rings is 1. The third-order valence-electron chi connectivity index (χ3n) is 3.81. The Hall–Kier alpha value is -1.64. The average molecular weight is 260 g/mol. The molecular formula is C16H20O3. The van der Waals surface area contributed by atoms with Gasteiger partial charge in [-0.25, -0.2) is 0 Å². The average Bonchev–Trinajstić information content (AvgIpc) is 2.46. The second-order valence-electron chi connectivity index (χ2n) is 5.10. The first-order chi connectivity index (χ1) is 9.20. The van der Waals surface area contributed by atoms with Crippen LogP contribution in [0.1, 0.15) is 48.9 Å². The molecule has 1 saturated carbocycles. The fourth-order valence-electron chi connectivity index (χ4n) is 2.59. The van der Waals surface area contributed by atoms with Crippen molar-refractivity contribution in [1.82, 2.24) is 0 Å². The first-order valence-electron chi connectivity index (χ1n) is 6.90. The highest BCUT2D eigenvalue weighted by molar-refractivity contribution is 5.96. The summed E-state index contributed by atoms with van der Waals surface area (Å²) in [6, 6.07) is 7.14. The Morgan fingerprint density at radius 2 is 2.00 bits per heavy atom. The van der Waals surface area contributed by atoms with E-state index in [1.165, 1.54) is 0 Å². The molecule has 1 aromatic rings. The molecule has 0 amide bonds. The third-order valence-corrected chi connectivity index (χ3v) is 3.81. The number of ketones is 2. The molecule has 1 aliphatic carbocycles. The van der Waals surface area contributed by atoms with Crippen LogP contribution in [0.15, 0.2) is 24.3 Å². The van der Waals surface area contributed by atoms with E-state index < -0.39 is 0 Å². The van der Waals surface area contributed by atoms with Crippen molar-refractivity contribution in [3.63, 3.8) is 0 Å². The van der Waals surface area contributed by atoms with Crippen molar-refractivity contribution in [2.45, 2.75) is 38.5 Å². The summed E-state index contributed by atoms with van der Waals surface area (Å²) in [6.45, 7) is 0. The van der Waals surface area contributed by atoms with Crippen molar-refractivity contribution in [1.29, 1.82) is 0 Å². The molecule has 0 bridgehead atoms. The highest BCUT2D eigenvalue weighted by Gasteiger charge is 2.22. The molecule has 0 N–H and O–H groups in total. The lowest BCUT2D eigenvalue weighted by Crippen LogP contribution is -2.19. The first kappa shape index (κ1) is 13.8. The molecule has 1 fully saturated rings. The molecule has 1 aromatic carbocycles. The normalized spacial score (nSPS) is 19.2. The molecule has 0 aliphatic heterocycles. The van der Waals surface area contributed by atoms with Gasteiger partial charge in [0.2, 0.25) is 0 Å². The minimum Gasteiger partial charge on any atom is -0.497 e. The Labute approximate surface area is 114 Å². The second kappa shape index (κ2) is 6.50. The molecule has 0 saturated heterocycles. The fraction of sp³-hybridized carbons (Fsp3) is 0.500. The lowest BCUT2D eigenvalue weighted by atomic mass is 9.84. The largest absolute Gasteiger partial charge is 0.497 e. The van der Waals surface area contributed by atoms with Crippen molar-refractivity contribution in [2.75, 3.05) is 7.11 Å². The van der Waals surface area contributed by atoms with Gasteiger partial charge in [0.25, 0.3) is 0 Å². The zero-order valence-electron chi connectivity index (χ0n) is 11.4. The van der Waals surface area contributed by atoms with Crippen LogP contribution < -0.4 is 4.74 Å². The maximum Gasteiger partial charge on any atom is 0.162 e. The maximum atomic E-state index is 12.0. The number of Topliss-reactive ketones (excluding diaryl/α,β-unsaturated/α-hetero) is 2. The van der Waals surface area contributed by atoms with Crippen molar-refractivity contribution in [2.24, 2.45) is 5.92 Å². The predicted molar refractivity (Wildman–Crippen MR) is 73.5 cm³/mol. The Morgan fingerprint density at radius 1 is 1.26 bits per heavy atom. The summed E-state index contributed by atoms with van der Waals surface area (Å²) in [4.78, 5) is 23.7. The molecule has 3 heteroatoms. The van der Waals surface area contributed by atoms with Gasteiger partial charge < -0.3 is 4.74 Å². The first-order valence-corrected chi connectivity index (χ1v) is 6.90.